The Hall–Kier alpha value is -0.800. The van der Waals surface area contributed by atoms with Crippen LogP contribution in [0.2, 0.25) is 0 Å². The lowest BCUT2D eigenvalue weighted by atomic mass is 10.1. The quantitative estimate of drug-likeness (QED) is 0.532. The Morgan fingerprint density at radius 1 is 1.38 bits per heavy atom. The van der Waals surface area contributed by atoms with E-state index in [1.165, 1.54) is 0 Å². The maximum absolute atomic E-state index is 12.0. The molecule has 0 bridgehead atoms. The van der Waals surface area contributed by atoms with Gasteiger partial charge in [0.15, 0.2) is 3.77 Å². The summed E-state index contributed by atoms with van der Waals surface area (Å²) >= 11 is 2.16. The van der Waals surface area contributed by atoms with Crippen LogP contribution in [0.4, 0.5) is 4.79 Å². The fourth-order valence-electron chi connectivity index (χ4n) is 2.49. The summed E-state index contributed by atoms with van der Waals surface area (Å²) in [5.41, 5.74) is -0.442. The van der Waals surface area contributed by atoms with Crippen molar-refractivity contribution in [3.8, 4) is 0 Å². The summed E-state index contributed by atoms with van der Waals surface area (Å²) in [5, 5.41) is 3.30. The molecule has 1 fully saturated rings. The standard InChI is InChI=1S/C17H27IN2O4/c1-17(2,3)24-16(21)20-9-6-13(7-10-20)22-11-8-19-12-14-4-5-15(18)23-14/h4-5,13,19H,6-12H2,1-3H3. The van der Waals surface area contributed by atoms with Crippen molar-refractivity contribution in [2.24, 2.45) is 0 Å². The van der Waals surface area contributed by atoms with Crippen LogP contribution in [0.1, 0.15) is 39.4 Å². The summed E-state index contributed by atoms with van der Waals surface area (Å²) < 4.78 is 17.7. The van der Waals surface area contributed by atoms with Crippen molar-refractivity contribution >= 4 is 28.7 Å². The number of halogens is 1. The molecule has 1 aliphatic rings. The second kappa shape index (κ2) is 9.05. The minimum absolute atomic E-state index is 0.218. The molecule has 0 radical (unpaired) electrons. The van der Waals surface area contributed by atoms with Crippen molar-refractivity contribution < 1.29 is 18.7 Å². The number of furan rings is 1. The first-order valence-electron chi connectivity index (χ1n) is 8.38. The average Bonchev–Trinajstić information content (AvgIpc) is 2.91. The largest absolute Gasteiger partial charge is 0.454 e. The molecule has 1 N–H and O–H groups in total. The van der Waals surface area contributed by atoms with Crippen LogP contribution < -0.4 is 5.32 Å². The van der Waals surface area contributed by atoms with Crippen LogP contribution >= 0.6 is 22.6 Å². The predicted octanol–water partition coefficient (Wildman–Crippen LogP) is 3.39. The number of carbonyl (C=O) groups is 1. The third-order valence-corrected chi connectivity index (χ3v) is 4.23. The molecule has 1 aromatic rings. The Morgan fingerprint density at radius 2 is 2.08 bits per heavy atom. The van der Waals surface area contributed by atoms with Gasteiger partial charge in [-0.15, -0.1) is 0 Å². The smallest absolute Gasteiger partial charge is 0.410 e. The molecular weight excluding hydrogens is 423 g/mol. The number of ether oxygens (including phenoxy) is 2. The zero-order valence-corrected chi connectivity index (χ0v) is 16.8. The molecule has 1 aliphatic heterocycles. The molecule has 6 nitrogen and oxygen atoms in total. The number of carbonyl (C=O) groups excluding carboxylic acids is 1. The van der Waals surface area contributed by atoms with Gasteiger partial charge in [0.25, 0.3) is 0 Å². The van der Waals surface area contributed by atoms with E-state index in [1.54, 1.807) is 4.90 Å². The van der Waals surface area contributed by atoms with Crippen LogP contribution in [0.5, 0.6) is 0 Å². The molecule has 0 aromatic carbocycles. The molecule has 0 aliphatic carbocycles. The van der Waals surface area contributed by atoms with E-state index in [0.29, 0.717) is 26.2 Å². The number of nitrogens with zero attached hydrogens (tertiary/aromatic N) is 1. The fourth-order valence-corrected chi connectivity index (χ4v) is 2.95. The number of amides is 1. The van der Waals surface area contributed by atoms with Crippen LogP contribution in [0.15, 0.2) is 16.5 Å². The average molecular weight is 450 g/mol. The van der Waals surface area contributed by atoms with E-state index in [4.69, 9.17) is 13.9 Å². The van der Waals surface area contributed by atoms with Gasteiger partial charge in [-0.05, 0) is 68.3 Å². The van der Waals surface area contributed by atoms with E-state index in [2.05, 4.69) is 27.9 Å². The maximum Gasteiger partial charge on any atom is 0.410 e. The van der Waals surface area contributed by atoms with Gasteiger partial charge < -0.3 is 24.1 Å². The van der Waals surface area contributed by atoms with Gasteiger partial charge in [0.2, 0.25) is 0 Å². The van der Waals surface area contributed by atoms with Gasteiger partial charge in [-0.25, -0.2) is 4.79 Å². The molecule has 1 aromatic heterocycles. The zero-order valence-electron chi connectivity index (χ0n) is 14.6. The Balaban J connectivity index is 1.55. The second-order valence-electron chi connectivity index (χ2n) is 6.92. The van der Waals surface area contributed by atoms with E-state index in [1.807, 2.05) is 32.9 Å². The van der Waals surface area contributed by atoms with Gasteiger partial charge in [0.1, 0.15) is 11.4 Å². The van der Waals surface area contributed by atoms with Gasteiger partial charge >= 0.3 is 6.09 Å². The van der Waals surface area contributed by atoms with Crippen molar-refractivity contribution in [1.82, 2.24) is 10.2 Å². The monoisotopic (exact) mass is 450 g/mol. The number of piperidine rings is 1. The molecule has 7 heteroatoms. The second-order valence-corrected chi connectivity index (χ2v) is 7.98. The lowest BCUT2D eigenvalue weighted by molar-refractivity contribution is -0.0105. The first-order chi connectivity index (χ1) is 11.3. The number of hydrogen-bond donors (Lipinski definition) is 1. The molecule has 24 heavy (non-hydrogen) atoms. The zero-order chi connectivity index (χ0) is 17.6. The lowest BCUT2D eigenvalue weighted by Crippen LogP contribution is -2.43. The van der Waals surface area contributed by atoms with E-state index in [9.17, 15) is 4.79 Å². The highest BCUT2D eigenvalue weighted by molar-refractivity contribution is 14.1. The molecular formula is C17H27IN2O4. The Morgan fingerprint density at radius 3 is 2.67 bits per heavy atom. The summed E-state index contributed by atoms with van der Waals surface area (Å²) in [6, 6.07) is 3.93. The molecule has 1 saturated heterocycles. The summed E-state index contributed by atoms with van der Waals surface area (Å²) in [6.07, 6.45) is 1.70. The normalized spacial score (nSPS) is 16.4. The van der Waals surface area contributed by atoms with E-state index in [0.717, 1.165) is 28.9 Å². The minimum Gasteiger partial charge on any atom is -0.454 e. The van der Waals surface area contributed by atoms with Gasteiger partial charge in [-0.1, -0.05) is 0 Å². The predicted molar refractivity (Wildman–Crippen MR) is 99.9 cm³/mol. The van der Waals surface area contributed by atoms with Crippen LogP contribution in [0.25, 0.3) is 0 Å². The van der Waals surface area contributed by atoms with Crippen molar-refractivity contribution in [1.29, 1.82) is 0 Å². The maximum atomic E-state index is 12.0. The van der Waals surface area contributed by atoms with Gasteiger partial charge in [-0.2, -0.15) is 0 Å². The highest BCUT2D eigenvalue weighted by Crippen LogP contribution is 2.17. The molecule has 0 spiro atoms. The third kappa shape index (κ3) is 6.98. The van der Waals surface area contributed by atoms with Crippen molar-refractivity contribution in [3.63, 3.8) is 0 Å². The summed E-state index contributed by atoms with van der Waals surface area (Å²) in [7, 11) is 0. The first-order valence-corrected chi connectivity index (χ1v) is 9.46. The fraction of sp³-hybridized carbons (Fsp3) is 0.706. The van der Waals surface area contributed by atoms with Gasteiger partial charge in [0, 0.05) is 19.6 Å². The molecule has 2 rings (SSSR count). The first kappa shape index (κ1) is 19.5. The van der Waals surface area contributed by atoms with Gasteiger partial charge in [-0.3, -0.25) is 0 Å². The highest BCUT2D eigenvalue weighted by atomic mass is 127. The molecule has 1 amide bonds. The van der Waals surface area contributed by atoms with Crippen molar-refractivity contribution in [2.75, 3.05) is 26.2 Å². The number of rotatable bonds is 6. The van der Waals surface area contributed by atoms with Crippen molar-refractivity contribution in [2.45, 2.75) is 51.9 Å². The third-order valence-electron chi connectivity index (χ3n) is 3.65. The SMILES string of the molecule is CC(C)(C)OC(=O)N1CCC(OCCNCc2ccc(I)o2)CC1. The Kier molecular flexibility index (Phi) is 7.36. The number of likely N-dealkylation sites (tertiary alicyclic amines) is 1. The summed E-state index contributed by atoms with van der Waals surface area (Å²) in [4.78, 5) is 13.8. The van der Waals surface area contributed by atoms with Gasteiger partial charge in [0.05, 0.1) is 19.3 Å². The Labute approximate surface area is 157 Å². The summed E-state index contributed by atoms with van der Waals surface area (Å²) in [5.74, 6) is 0.935. The lowest BCUT2D eigenvalue weighted by Gasteiger charge is -2.33. The van der Waals surface area contributed by atoms with Crippen molar-refractivity contribution in [3.05, 3.63) is 21.7 Å². The molecule has 0 unspecified atom stereocenters. The van der Waals surface area contributed by atoms with E-state index >= 15 is 0 Å². The number of hydrogen-bond acceptors (Lipinski definition) is 5. The van der Waals surface area contributed by atoms with Crippen LogP contribution in [-0.4, -0.2) is 48.9 Å². The Bertz CT molecular complexity index is 519. The van der Waals surface area contributed by atoms with E-state index < -0.39 is 5.60 Å². The van der Waals surface area contributed by atoms with Crippen LogP contribution in [0, 0.1) is 3.77 Å². The molecule has 2 heterocycles. The number of nitrogens with one attached hydrogen (secondary N) is 1. The van der Waals surface area contributed by atoms with E-state index in [-0.39, 0.29) is 12.2 Å². The minimum atomic E-state index is -0.442. The molecule has 136 valence electrons. The molecule has 0 saturated carbocycles. The highest BCUT2D eigenvalue weighted by Gasteiger charge is 2.26. The summed E-state index contributed by atoms with van der Waals surface area (Å²) in [6.45, 7) is 9.20. The van der Waals surface area contributed by atoms with Crippen LogP contribution in [-0.2, 0) is 16.0 Å². The van der Waals surface area contributed by atoms with Crippen LogP contribution in [0.3, 0.4) is 0 Å². The molecule has 0 atom stereocenters. The topological polar surface area (TPSA) is 63.9 Å².